The summed E-state index contributed by atoms with van der Waals surface area (Å²) in [4.78, 5) is 2.67. The van der Waals surface area contributed by atoms with Crippen LogP contribution in [0, 0.1) is 0 Å². The van der Waals surface area contributed by atoms with Crippen molar-refractivity contribution in [2.75, 3.05) is 10.2 Å². The topological polar surface area (TPSA) is 15.3 Å². The lowest BCUT2D eigenvalue weighted by molar-refractivity contribution is 0.587. The highest BCUT2D eigenvalue weighted by atomic mass is 15.2. The van der Waals surface area contributed by atoms with E-state index in [2.05, 4.69) is 284 Å². The standard InChI is InChI=1S/C76H73BN2/c1-9-11-28-57-42-61(75(3,4)5)43-58(29-12-10-2)71(57)65-46-60(53-34-22-15-23-35-53)48-67-73(65)78-68-49-62(76(6,7)8)50-70-72(68)77(67)66-47-56(51-30-18-13-19-31-51)40-41-69(66)79(70)74-63(54-36-24-16-25-37-54)44-59(52-32-20-14-21-33-52)45-64(74)55-38-26-17-27-39-55/h13-27,30-50,78H,9-12,28-29H2,1-8H3. The third-order valence-corrected chi connectivity index (χ3v) is 16.7. The summed E-state index contributed by atoms with van der Waals surface area (Å²) in [5, 5.41) is 4.39. The Balaban J connectivity index is 1.23. The minimum absolute atomic E-state index is 0.0134. The Morgan fingerprint density at radius 3 is 1.30 bits per heavy atom. The second-order valence-corrected chi connectivity index (χ2v) is 24.2. The summed E-state index contributed by atoms with van der Waals surface area (Å²) >= 11 is 0. The van der Waals surface area contributed by atoms with Crippen LogP contribution in [-0.2, 0) is 23.7 Å². The van der Waals surface area contributed by atoms with E-state index in [-0.39, 0.29) is 17.5 Å². The van der Waals surface area contributed by atoms with Gasteiger partial charge in [0.05, 0.1) is 5.69 Å². The number of benzene rings is 10. The van der Waals surface area contributed by atoms with Crippen molar-refractivity contribution in [1.82, 2.24) is 0 Å². The van der Waals surface area contributed by atoms with Crippen molar-refractivity contribution in [2.24, 2.45) is 0 Å². The van der Waals surface area contributed by atoms with Gasteiger partial charge in [-0.2, -0.15) is 0 Å². The van der Waals surface area contributed by atoms with Crippen molar-refractivity contribution in [1.29, 1.82) is 0 Å². The Labute approximate surface area is 471 Å². The van der Waals surface area contributed by atoms with Crippen LogP contribution in [0.25, 0.3) is 66.8 Å². The van der Waals surface area contributed by atoms with Crippen molar-refractivity contribution >= 4 is 51.5 Å². The molecule has 12 rings (SSSR count). The Hall–Kier alpha value is -8.14. The largest absolute Gasteiger partial charge is 0.356 e. The van der Waals surface area contributed by atoms with Crippen molar-refractivity contribution in [2.45, 2.75) is 105 Å². The molecule has 0 aromatic heterocycles. The highest BCUT2D eigenvalue weighted by molar-refractivity contribution is 7.00. The molecule has 0 saturated heterocycles. The summed E-state index contributed by atoms with van der Waals surface area (Å²) in [6, 6.07) is 82.7. The fraction of sp³-hybridized carbons (Fsp3) is 0.211. The summed E-state index contributed by atoms with van der Waals surface area (Å²) in [6.45, 7) is 18.8. The lowest BCUT2D eigenvalue weighted by atomic mass is 9.33. The second-order valence-electron chi connectivity index (χ2n) is 24.2. The Bertz CT molecular complexity index is 3740. The van der Waals surface area contributed by atoms with E-state index in [4.69, 9.17) is 0 Å². The number of rotatable bonds is 13. The Morgan fingerprint density at radius 1 is 0.392 bits per heavy atom. The maximum atomic E-state index is 4.39. The van der Waals surface area contributed by atoms with E-state index in [9.17, 15) is 0 Å². The van der Waals surface area contributed by atoms with Crippen LogP contribution in [-0.4, -0.2) is 6.71 Å². The Kier molecular flexibility index (Phi) is 13.9. The van der Waals surface area contributed by atoms with Gasteiger partial charge in [-0.1, -0.05) is 250 Å². The number of hydrogen-bond donors (Lipinski definition) is 1. The number of fused-ring (bicyclic) bond motifs is 4. The molecule has 2 heterocycles. The van der Waals surface area contributed by atoms with Crippen LogP contribution in [0.2, 0.25) is 0 Å². The average molecular weight is 1030 g/mol. The van der Waals surface area contributed by atoms with Crippen molar-refractivity contribution in [3.05, 3.63) is 241 Å². The highest BCUT2D eigenvalue weighted by Crippen LogP contribution is 2.52. The number of nitrogens with one attached hydrogen (secondary N) is 1. The summed E-state index contributed by atoms with van der Waals surface area (Å²) in [7, 11) is 0. The third kappa shape index (κ3) is 9.84. The maximum Gasteiger partial charge on any atom is 0.252 e. The van der Waals surface area contributed by atoms with Crippen LogP contribution in [0.4, 0.5) is 28.4 Å². The summed E-state index contributed by atoms with van der Waals surface area (Å²) in [5.41, 5.74) is 30.1. The fourth-order valence-electron chi connectivity index (χ4n) is 12.5. The molecule has 390 valence electrons. The van der Waals surface area contributed by atoms with E-state index in [1.54, 1.807) is 0 Å². The van der Waals surface area contributed by atoms with Crippen LogP contribution < -0.4 is 26.6 Å². The minimum atomic E-state index is -0.169. The van der Waals surface area contributed by atoms with E-state index in [1.165, 1.54) is 134 Å². The van der Waals surface area contributed by atoms with Gasteiger partial charge in [-0.3, -0.25) is 0 Å². The first-order valence-electron chi connectivity index (χ1n) is 29.1. The molecule has 10 aromatic rings. The van der Waals surface area contributed by atoms with Crippen molar-refractivity contribution in [3.8, 4) is 66.8 Å². The van der Waals surface area contributed by atoms with Gasteiger partial charge in [0, 0.05) is 39.4 Å². The molecule has 0 atom stereocenters. The predicted octanol–water partition coefficient (Wildman–Crippen LogP) is 19.3. The van der Waals surface area contributed by atoms with Crippen molar-refractivity contribution < 1.29 is 0 Å². The summed E-state index contributed by atoms with van der Waals surface area (Å²) < 4.78 is 0. The van der Waals surface area contributed by atoms with Gasteiger partial charge in [0.2, 0.25) is 0 Å². The first-order valence-corrected chi connectivity index (χ1v) is 29.1. The molecule has 2 aliphatic rings. The lowest BCUT2D eigenvalue weighted by Gasteiger charge is -2.43. The molecule has 0 unspecified atom stereocenters. The molecule has 0 radical (unpaired) electrons. The monoisotopic (exact) mass is 1020 g/mol. The highest BCUT2D eigenvalue weighted by Gasteiger charge is 2.44. The molecule has 79 heavy (non-hydrogen) atoms. The number of nitrogens with zero attached hydrogens (tertiary/aromatic N) is 1. The predicted molar refractivity (Wildman–Crippen MR) is 343 cm³/mol. The molecule has 0 saturated carbocycles. The van der Waals surface area contributed by atoms with E-state index >= 15 is 0 Å². The normalized spacial score (nSPS) is 12.7. The molecule has 3 heteroatoms. The summed E-state index contributed by atoms with van der Waals surface area (Å²) in [5.74, 6) is 0. The van der Waals surface area contributed by atoms with Crippen LogP contribution in [0.3, 0.4) is 0 Å². The van der Waals surface area contributed by atoms with Gasteiger partial charge >= 0.3 is 0 Å². The van der Waals surface area contributed by atoms with E-state index < -0.39 is 0 Å². The number of unbranched alkanes of at least 4 members (excludes halogenated alkanes) is 2. The van der Waals surface area contributed by atoms with Gasteiger partial charge in [-0.25, -0.2) is 0 Å². The first-order chi connectivity index (χ1) is 38.4. The molecular formula is C76H73BN2. The molecule has 0 bridgehead atoms. The van der Waals surface area contributed by atoms with E-state index in [1.807, 2.05) is 0 Å². The average Bonchev–Trinajstić information content (AvgIpc) is 3.45. The quantitative estimate of drug-likeness (QED) is 0.116. The summed E-state index contributed by atoms with van der Waals surface area (Å²) in [6.07, 6.45) is 6.63. The number of anilines is 5. The van der Waals surface area contributed by atoms with Gasteiger partial charge in [-0.15, -0.1) is 0 Å². The third-order valence-electron chi connectivity index (χ3n) is 16.7. The lowest BCUT2D eigenvalue weighted by Crippen LogP contribution is -2.60. The Morgan fingerprint density at radius 2 is 0.823 bits per heavy atom. The van der Waals surface area contributed by atoms with Crippen LogP contribution >= 0.6 is 0 Å². The van der Waals surface area contributed by atoms with Gasteiger partial charge in [0.15, 0.2) is 0 Å². The maximum absolute atomic E-state index is 4.39. The number of hydrogen-bond acceptors (Lipinski definition) is 2. The van der Waals surface area contributed by atoms with Gasteiger partial charge in [-0.05, 0) is 162 Å². The van der Waals surface area contributed by atoms with Crippen LogP contribution in [0.1, 0.15) is 103 Å². The van der Waals surface area contributed by atoms with Crippen LogP contribution in [0.15, 0.2) is 218 Å². The smallest absolute Gasteiger partial charge is 0.252 e. The fourth-order valence-corrected chi connectivity index (χ4v) is 12.5. The molecule has 0 amide bonds. The van der Waals surface area contributed by atoms with E-state index in [0.717, 1.165) is 38.5 Å². The number of aryl methyl sites for hydroxylation is 2. The van der Waals surface area contributed by atoms with Gasteiger partial charge < -0.3 is 10.2 Å². The minimum Gasteiger partial charge on any atom is -0.356 e. The molecule has 0 fully saturated rings. The van der Waals surface area contributed by atoms with Crippen LogP contribution in [0.5, 0.6) is 0 Å². The molecule has 0 spiro atoms. The molecule has 2 nitrogen and oxygen atoms in total. The SMILES string of the molecule is CCCCc1cc(C(C)(C)C)cc(CCCC)c1-c1cc(-c2ccccc2)cc2c1Nc1cc(C(C)(C)C)cc3c1B2c1cc(-c2ccccc2)ccc1N3c1c(-c2ccccc2)cc(-c2ccccc2)cc1-c1ccccc1. The zero-order valence-electron chi connectivity index (χ0n) is 47.6. The second kappa shape index (κ2) is 21.3. The van der Waals surface area contributed by atoms with Crippen molar-refractivity contribution in [3.63, 3.8) is 0 Å². The molecule has 2 aliphatic heterocycles. The van der Waals surface area contributed by atoms with Gasteiger partial charge in [0.1, 0.15) is 0 Å². The van der Waals surface area contributed by atoms with Gasteiger partial charge in [0.25, 0.3) is 6.71 Å². The molecule has 10 aromatic carbocycles. The molecule has 1 N–H and O–H groups in total. The zero-order chi connectivity index (χ0) is 54.4. The molecular weight excluding hydrogens is 952 g/mol. The van der Waals surface area contributed by atoms with E-state index in [0.29, 0.717) is 0 Å². The molecule has 0 aliphatic carbocycles. The first kappa shape index (κ1) is 51.6. The zero-order valence-corrected chi connectivity index (χ0v) is 47.6.